The van der Waals surface area contributed by atoms with Gasteiger partial charge in [0, 0.05) is 12.7 Å². The number of nitrogens with zero attached hydrogens (tertiary/aromatic N) is 1. The molecule has 108 valence electrons. The molecule has 0 aliphatic rings. The van der Waals surface area contributed by atoms with Crippen LogP contribution in [0.25, 0.3) is 22.2 Å². The smallest absolute Gasteiger partial charge is 0.200 e. The van der Waals surface area contributed by atoms with Crippen LogP contribution in [0.5, 0.6) is 5.88 Å². The van der Waals surface area contributed by atoms with E-state index in [9.17, 15) is 13.9 Å². The highest BCUT2D eigenvalue weighted by molar-refractivity contribution is 5.97. The van der Waals surface area contributed by atoms with Gasteiger partial charge in [-0.25, -0.2) is 13.8 Å². The van der Waals surface area contributed by atoms with Gasteiger partial charge in [0.15, 0.2) is 5.88 Å². The van der Waals surface area contributed by atoms with Crippen molar-refractivity contribution in [1.82, 2.24) is 9.97 Å². The Bertz CT molecular complexity index is 794. The van der Waals surface area contributed by atoms with Crippen LogP contribution in [-0.4, -0.2) is 21.6 Å². The van der Waals surface area contributed by atoms with Crippen molar-refractivity contribution in [2.45, 2.75) is 6.92 Å². The third-order valence-corrected chi connectivity index (χ3v) is 3.22. The molecule has 0 bridgehead atoms. The Morgan fingerprint density at radius 2 is 2.00 bits per heavy atom. The summed E-state index contributed by atoms with van der Waals surface area (Å²) >= 11 is 0. The first kappa shape index (κ1) is 13.4. The Kier molecular flexibility index (Phi) is 3.21. The van der Waals surface area contributed by atoms with Crippen molar-refractivity contribution in [2.24, 2.45) is 0 Å². The summed E-state index contributed by atoms with van der Waals surface area (Å²) in [5, 5.41) is 13.4. The summed E-state index contributed by atoms with van der Waals surface area (Å²) in [4.78, 5) is 6.87. The van der Waals surface area contributed by atoms with Gasteiger partial charge in [-0.05, 0) is 25.1 Å². The highest BCUT2D eigenvalue weighted by atomic mass is 19.1. The van der Waals surface area contributed by atoms with Crippen molar-refractivity contribution in [3.8, 4) is 17.1 Å². The average molecular weight is 289 g/mol. The zero-order valence-electron chi connectivity index (χ0n) is 11.2. The molecule has 3 rings (SSSR count). The van der Waals surface area contributed by atoms with E-state index in [0.717, 1.165) is 0 Å². The standard InChI is InChI=1S/C15H13F2N3O/c1-2-18-10-6-11(13-8(16)4-3-5-9(13)17)20-12-7-19-15(21)14(10)12/h3-7,18-19,21H,2H2,1H3. The van der Waals surface area contributed by atoms with Gasteiger partial charge in [-0.2, -0.15) is 0 Å². The van der Waals surface area contributed by atoms with Gasteiger partial charge in [0.05, 0.1) is 27.8 Å². The van der Waals surface area contributed by atoms with Crippen LogP contribution >= 0.6 is 0 Å². The first-order valence-electron chi connectivity index (χ1n) is 6.51. The minimum absolute atomic E-state index is 0.0333. The summed E-state index contributed by atoms with van der Waals surface area (Å²) in [6.45, 7) is 2.49. The number of nitrogens with one attached hydrogen (secondary N) is 2. The summed E-state index contributed by atoms with van der Waals surface area (Å²) < 4.78 is 27.8. The molecule has 0 aliphatic heterocycles. The third kappa shape index (κ3) is 2.18. The molecule has 0 saturated heterocycles. The Hall–Kier alpha value is -2.63. The number of hydrogen-bond donors (Lipinski definition) is 3. The fourth-order valence-corrected chi connectivity index (χ4v) is 2.33. The first-order valence-corrected chi connectivity index (χ1v) is 6.51. The molecule has 2 heterocycles. The molecule has 3 aromatic rings. The fraction of sp³-hybridized carbons (Fsp3) is 0.133. The summed E-state index contributed by atoms with van der Waals surface area (Å²) in [5.74, 6) is -1.39. The first-order chi connectivity index (χ1) is 10.1. The van der Waals surface area contributed by atoms with Crippen molar-refractivity contribution in [1.29, 1.82) is 0 Å². The number of aromatic hydroxyl groups is 1. The molecule has 0 saturated carbocycles. The van der Waals surface area contributed by atoms with Crippen LogP contribution in [0.4, 0.5) is 14.5 Å². The van der Waals surface area contributed by atoms with E-state index < -0.39 is 11.6 Å². The molecule has 0 amide bonds. The zero-order chi connectivity index (χ0) is 15.0. The molecule has 6 heteroatoms. The molecule has 0 aliphatic carbocycles. The average Bonchev–Trinajstić information content (AvgIpc) is 2.81. The maximum atomic E-state index is 13.9. The molecule has 21 heavy (non-hydrogen) atoms. The molecule has 0 spiro atoms. The van der Waals surface area contributed by atoms with Crippen LogP contribution in [0.3, 0.4) is 0 Å². The van der Waals surface area contributed by atoms with E-state index in [1.54, 1.807) is 0 Å². The second-order valence-electron chi connectivity index (χ2n) is 4.58. The quantitative estimate of drug-likeness (QED) is 0.689. The lowest BCUT2D eigenvalue weighted by molar-refractivity contribution is 0.463. The van der Waals surface area contributed by atoms with Gasteiger partial charge >= 0.3 is 0 Å². The molecular formula is C15H13F2N3O. The second-order valence-corrected chi connectivity index (χ2v) is 4.58. The number of rotatable bonds is 3. The number of hydrogen-bond acceptors (Lipinski definition) is 3. The SMILES string of the molecule is CCNc1cc(-c2c(F)cccc2F)nc2c[nH]c(O)c12. The predicted octanol–water partition coefficient (Wildman–Crippen LogP) is 3.65. The van der Waals surface area contributed by atoms with Crippen LogP contribution in [-0.2, 0) is 0 Å². The molecule has 0 atom stereocenters. The normalized spacial score (nSPS) is 11.0. The lowest BCUT2D eigenvalue weighted by Gasteiger charge is -2.10. The van der Waals surface area contributed by atoms with E-state index in [1.807, 2.05) is 6.92 Å². The lowest BCUT2D eigenvalue weighted by atomic mass is 10.1. The van der Waals surface area contributed by atoms with Crippen molar-refractivity contribution < 1.29 is 13.9 Å². The van der Waals surface area contributed by atoms with E-state index in [2.05, 4.69) is 15.3 Å². The van der Waals surface area contributed by atoms with Crippen LogP contribution in [0.1, 0.15) is 6.92 Å². The number of pyridine rings is 1. The second kappa shape index (κ2) is 5.05. The summed E-state index contributed by atoms with van der Waals surface area (Å²) in [6.07, 6.45) is 1.49. The molecule has 3 N–H and O–H groups in total. The predicted molar refractivity (Wildman–Crippen MR) is 77.3 cm³/mol. The fourth-order valence-electron chi connectivity index (χ4n) is 2.33. The van der Waals surface area contributed by atoms with Crippen molar-refractivity contribution in [3.05, 3.63) is 42.1 Å². The number of aromatic nitrogens is 2. The van der Waals surface area contributed by atoms with Crippen molar-refractivity contribution >= 4 is 16.6 Å². The number of halogens is 2. The molecule has 4 nitrogen and oxygen atoms in total. The minimum atomic E-state index is -0.677. The number of aromatic amines is 1. The topological polar surface area (TPSA) is 60.9 Å². The Morgan fingerprint density at radius 3 is 2.67 bits per heavy atom. The zero-order valence-corrected chi connectivity index (χ0v) is 11.2. The van der Waals surface area contributed by atoms with E-state index in [1.165, 1.54) is 30.5 Å². The third-order valence-electron chi connectivity index (χ3n) is 3.22. The Labute approximate surface area is 119 Å². The molecule has 0 unspecified atom stereocenters. The minimum Gasteiger partial charge on any atom is -0.494 e. The van der Waals surface area contributed by atoms with Crippen LogP contribution < -0.4 is 5.32 Å². The molecule has 0 radical (unpaired) electrons. The molecule has 2 aromatic heterocycles. The molecule has 1 aromatic carbocycles. The summed E-state index contributed by atoms with van der Waals surface area (Å²) in [6, 6.07) is 5.21. The number of benzene rings is 1. The molecule has 0 fully saturated rings. The maximum Gasteiger partial charge on any atom is 0.200 e. The number of anilines is 1. The van der Waals surface area contributed by atoms with E-state index in [-0.39, 0.29) is 17.1 Å². The van der Waals surface area contributed by atoms with Crippen LogP contribution in [0.15, 0.2) is 30.5 Å². The van der Waals surface area contributed by atoms with E-state index in [0.29, 0.717) is 23.1 Å². The largest absolute Gasteiger partial charge is 0.494 e. The van der Waals surface area contributed by atoms with Crippen molar-refractivity contribution in [2.75, 3.05) is 11.9 Å². The highest BCUT2D eigenvalue weighted by Crippen LogP contribution is 2.35. The highest BCUT2D eigenvalue weighted by Gasteiger charge is 2.17. The lowest BCUT2D eigenvalue weighted by Crippen LogP contribution is -2.00. The molecular weight excluding hydrogens is 276 g/mol. The van der Waals surface area contributed by atoms with Gasteiger partial charge in [-0.15, -0.1) is 0 Å². The van der Waals surface area contributed by atoms with Gasteiger partial charge in [-0.3, -0.25) is 0 Å². The van der Waals surface area contributed by atoms with Gasteiger partial charge in [0.1, 0.15) is 11.6 Å². The van der Waals surface area contributed by atoms with Crippen LogP contribution in [0, 0.1) is 11.6 Å². The Balaban J connectivity index is 2.29. The Morgan fingerprint density at radius 1 is 1.29 bits per heavy atom. The summed E-state index contributed by atoms with van der Waals surface area (Å²) in [5.41, 5.74) is 0.995. The van der Waals surface area contributed by atoms with E-state index >= 15 is 0 Å². The van der Waals surface area contributed by atoms with Gasteiger partial charge < -0.3 is 15.4 Å². The van der Waals surface area contributed by atoms with Crippen molar-refractivity contribution in [3.63, 3.8) is 0 Å². The van der Waals surface area contributed by atoms with Crippen LogP contribution in [0.2, 0.25) is 0 Å². The number of fused-ring (bicyclic) bond motifs is 1. The van der Waals surface area contributed by atoms with Gasteiger partial charge in [0.25, 0.3) is 0 Å². The van der Waals surface area contributed by atoms with E-state index in [4.69, 9.17) is 0 Å². The number of H-pyrrole nitrogens is 1. The van der Waals surface area contributed by atoms with Gasteiger partial charge in [0.2, 0.25) is 0 Å². The monoisotopic (exact) mass is 289 g/mol. The van der Waals surface area contributed by atoms with Gasteiger partial charge in [-0.1, -0.05) is 6.07 Å². The maximum absolute atomic E-state index is 13.9. The summed E-state index contributed by atoms with van der Waals surface area (Å²) in [7, 11) is 0.